The van der Waals surface area contributed by atoms with Crippen molar-refractivity contribution in [3.63, 3.8) is 0 Å². The monoisotopic (exact) mass is 267 g/mol. The molecule has 0 spiro atoms. The Kier molecular flexibility index (Phi) is 1.99. The summed E-state index contributed by atoms with van der Waals surface area (Å²) >= 11 is 6.18. The number of nitrogens with zero attached hydrogens (tertiary/aromatic N) is 1. The van der Waals surface area contributed by atoms with Gasteiger partial charge >= 0.3 is 0 Å². The smallest absolute Gasteiger partial charge is 0.213 e. The Morgan fingerprint density at radius 2 is 1.84 bits per heavy atom. The van der Waals surface area contributed by atoms with Gasteiger partial charge in [0.1, 0.15) is 0 Å². The molecule has 0 radical (unpaired) electrons. The van der Waals surface area contributed by atoms with Gasteiger partial charge in [0.05, 0.1) is 27.5 Å². The average Bonchev–Trinajstić information content (AvgIpc) is 2.88. The van der Waals surface area contributed by atoms with Crippen molar-refractivity contribution in [3.8, 4) is 5.69 Å². The third-order valence-electron chi connectivity index (χ3n) is 3.80. The quantitative estimate of drug-likeness (QED) is 0.469. The van der Waals surface area contributed by atoms with Gasteiger partial charge in [-0.05, 0) is 30.7 Å². The van der Waals surface area contributed by atoms with Crippen molar-refractivity contribution in [1.29, 1.82) is 0 Å². The van der Waals surface area contributed by atoms with Gasteiger partial charge in [-0.25, -0.2) is 0 Å². The largest absolute Gasteiger partial charge is 0.305 e. The maximum absolute atomic E-state index is 12.6. The van der Waals surface area contributed by atoms with E-state index in [9.17, 15) is 4.79 Å². The highest BCUT2D eigenvalue weighted by molar-refractivity contribution is 6.36. The molecule has 0 saturated heterocycles. The van der Waals surface area contributed by atoms with Crippen LogP contribution >= 0.6 is 11.6 Å². The van der Waals surface area contributed by atoms with E-state index >= 15 is 0 Å². The minimum absolute atomic E-state index is 0.0225. The Bertz CT molecular complexity index is 861. The molecular formula is C16H10ClNO. The highest BCUT2D eigenvalue weighted by Gasteiger charge is 2.32. The van der Waals surface area contributed by atoms with E-state index in [1.165, 1.54) is 0 Å². The third-order valence-corrected chi connectivity index (χ3v) is 4.12. The fourth-order valence-electron chi connectivity index (χ4n) is 2.97. The van der Waals surface area contributed by atoms with Gasteiger partial charge in [0.25, 0.3) is 0 Å². The van der Waals surface area contributed by atoms with E-state index < -0.39 is 0 Å². The summed E-state index contributed by atoms with van der Waals surface area (Å²) in [5.41, 5.74) is 4.33. The second kappa shape index (κ2) is 3.49. The van der Waals surface area contributed by atoms with Gasteiger partial charge < -0.3 is 4.57 Å². The van der Waals surface area contributed by atoms with Crippen LogP contribution in [-0.2, 0) is 0 Å². The van der Waals surface area contributed by atoms with E-state index in [1.54, 1.807) is 6.07 Å². The topological polar surface area (TPSA) is 22.0 Å². The number of halogens is 1. The standard InChI is InChI=1S/C16H10ClNO/c1-9-10-5-2-3-7-12(10)18-13-8-4-6-11(17)14(13)16(19)15(9)18/h2-8H,1H3. The first-order valence-electron chi connectivity index (χ1n) is 6.14. The summed E-state index contributed by atoms with van der Waals surface area (Å²) < 4.78 is 2.02. The Balaban J connectivity index is 2.25. The summed E-state index contributed by atoms with van der Waals surface area (Å²) in [5.74, 6) is 0.0225. The van der Waals surface area contributed by atoms with Crippen LogP contribution in [-0.4, -0.2) is 10.4 Å². The van der Waals surface area contributed by atoms with Gasteiger partial charge in [-0.15, -0.1) is 0 Å². The molecular weight excluding hydrogens is 258 g/mol. The Morgan fingerprint density at radius 1 is 1.05 bits per heavy atom. The maximum Gasteiger partial charge on any atom is 0.213 e. The molecule has 3 heteroatoms. The number of ketones is 1. The first kappa shape index (κ1) is 10.8. The number of rotatable bonds is 0. The number of carbonyl (C=O) groups excluding carboxylic acids is 1. The number of hydrogen-bond acceptors (Lipinski definition) is 1. The van der Waals surface area contributed by atoms with E-state index in [2.05, 4.69) is 0 Å². The number of aromatic nitrogens is 1. The fraction of sp³-hybridized carbons (Fsp3) is 0.0625. The molecule has 92 valence electrons. The number of benzene rings is 2. The highest BCUT2D eigenvalue weighted by Crippen LogP contribution is 2.39. The lowest BCUT2D eigenvalue weighted by Crippen LogP contribution is -1.98. The minimum Gasteiger partial charge on any atom is -0.305 e. The minimum atomic E-state index is 0.0225. The SMILES string of the molecule is Cc1c2n(c3ccccc13)-c1cccc(Cl)c1C2=O. The summed E-state index contributed by atoms with van der Waals surface area (Å²) in [7, 11) is 0. The predicted molar refractivity (Wildman–Crippen MR) is 76.5 cm³/mol. The Hall–Kier alpha value is -2.06. The molecule has 0 atom stereocenters. The first-order chi connectivity index (χ1) is 9.20. The lowest BCUT2D eigenvalue weighted by Gasteiger charge is -2.04. The zero-order valence-corrected chi connectivity index (χ0v) is 11.0. The Labute approximate surface area is 115 Å². The summed E-state index contributed by atoms with van der Waals surface area (Å²) in [6.45, 7) is 1.99. The molecule has 2 aromatic carbocycles. The van der Waals surface area contributed by atoms with E-state index in [1.807, 2.05) is 47.9 Å². The van der Waals surface area contributed by atoms with Crippen molar-refractivity contribution in [2.24, 2.45) is 0 Å². The average molecular weight is 268 g/mol. The van der Waals surface area contributed by atoms with Crippen molar-refractivity contribution >= 4 is 28.3 Å². The number of para-hydroxylation sites is 1. The van der Waals surface area contributed by atoms with Crippen molar-refractivity contribution in [1.82, 2.24) is 4.57 Å². The molecule has 0 N–H and O–H groups in total. The molecule has 3 aromatic rings. The van der Waals surface area contributed by atoms with Crippen LogP contribution in [0.15, 0.2) is 42.5 Å². The Morgan fingerprint density at radius 3 is 2.68 bits per heavy atom. The zero-order valence-electron chi connectivity index (χ0n) is 10.3. The lowest BCUT2D eigenvalue weighted by atomic mass is 10.1. The van der Waals surface area contributed by atoms with Crippen LogP contribution in [0.2, 0.25) is 5.02 Å². The van der Waals surface area contributed by atoms with Crippen LogP contribution in [0, 0.1) is 6.92 Å². The second-order valence-corrected chi connectivity index (χ2v) is 5.20. The van der Waals surface area contributed by atoms with Gasteiger partial charge in [-0.2, -0.15) is 0 Å². The van der Waals surface area contributed by atoms with E-state index in [4.69, 9.17) is 11.6 Å². The van der Waals surface area contributed by atoms with Crippen molar-refractivity contribution in [2.75, 3.05) is 0 Å². The molecule has 1 aliphatic rings. The molecule has 0 unspecified atom stereocenters. The van der Waals surface area contributed by atoms with Gasteiger partial charge in [0.15, 0.2) is 0 Å². The van der Waals surface area contributed by atoms with Crippen molar-refractivity contribution < 1.29 is 4.79 Å². The van der Waals surface area contributed by atoms with Gasteiger partial charge in [-0.1, -0.05) is 35.9 Å². The van der Waals surface area contributed by atoms with Crippen LogP contribution in [0.1, 0.15) is 21.6 Å². The first-order valence-corrected chi connectivity index (χ1v) is 6.51. The van der Waals surface area contributed by atoms with E-state index in [-0.39, 0.29) is 5.78 Å². The summed E-state index contributed by atoms with van der Waals surface area (Å²) in [5, 5.41) is 1.64. The molecule has 0 amide bonds. The van der Waals surface area contributed by atoms with Gasteiger partial charge in [0, 0.05) is 5.39 Å². The molecule has 4 rings (SSSR count). The third kappa shape index (κ3) is 1.19. The van der Waals surface area contributed by atoms with Crippen molar-refractivity contribution in [3.05, 3.63) is 64.3 Å². The molecule has 1 aliphatic heterocycles. The summed E-state index contributed by atoms with van der Waals surface area (Å²) in [6, 6.07) is 13.7. The second-order valence-electron chi connectivity index (χ2n) is 4.79. The molecule has 0 fully saturated rings. The summed E-state index contributed by atoms with van der Waals surface area (Å²) in [4.78, 5) is 12.6. The molecule has 0 saturated carbocycles. The van der Waals surface area contributed by atoms with Gasteiger partial charge in [-0.3, -0.25) is 4.79 Å². The molecule has 1 aromatic heterocycles. The lowest BCUT2D eigenvalue weighted by molar-refractivity contribution is 0.104. The van der Waals surface area contributed by atoms with E-state index in [0.717, 1.165) is 27.8 Å². The number of aryl methyl sites for hydroxylation is 1. The summed E-state index contributed by atoms with van der Waals surface area (Å²) in [6.07, 6.45) is 0. The van der Waals surface area contributed by atoms with Crippen LogP contribution in [0.4, 0.5) is 0 Å². The van der Waals surface area contributed by atoms with Crippen LogP contribution < -0.4 is 0 Å². The van der Waals surface area contributed by atoms with Crippen molar-refractivity contribution in [2.45, 2.75) is 6.92 Å². The number of fused-ring (bicyclic) bond motifs is 5. The predicted octanol–water partition coefficient (Wildman–Crippen LogP) is 4.14. The molecule has 2 heterocycles. The molecule has 19 heavy (non-hydrogen) atoms. The molecule has 2 nitrogen and oxygen atoms in total. The fourth-order valence-corrected chi connectivity index (χ4v) is 3.22. The molecule has 0 aliphatic carbocycles. The van der Waals surface area contributed by atoms with Crippen LogP contribution in [0.3, 0.4) is 0 Å². The zero-order chi connectivity index (χ0) is 13.1. The normalized spacial score (nSPS) is 12.8. The van der Waals surface area contributed by atoms with Crippen LogP contribution in [0.25, 0.3) is 16.6 Å². The number of hydrogen-bond donors (Lipinski definition) is 0. The highest BCUT2D eigenvalue weighted by atomic mass is 35.5. The van der Waals surface area contributed by atoms with Crippen LogP contribution in [0.5, 0.6) is 0 Å². The number of carbonyl (C=O) groups is 1. The maximum atomic E-state index is 12.6. The molecule has 0 bridgehead atoms. The van der Waals surface area contributed by atoms with Gasteiger partial charge in [0.2, 0.25) is 5.78 Å². The van der Waals surface area contributed by atoms with E-state index in [0.29, 0.717) is 10.6 Å².